The summed E-state index contributed by atoms with van der Waals surface area (Å²) in [7, 11) is 1.53. The van der Waals surface area contributed by atoms with Crippen LogP contribution in [0.1, 0.15) is 5.56 Å². The Bertz CT molecular complexity index is 427. The van der Waals surface area contributed by atoms with Gasteiger partial charge in [0.25, 0.3) is 0 Å². The first kappa shape index (κ1) is 15.5. The number of hydrogen-bond donors (Lipinski definition) is 1. The van der Waals surface area contributed by atoms with Crippen molar-refractivity contribution in [3.63, 3.8) is 0 Å². The van der Waals surface area contributed by atoms with E-state index in [9.17, 15) is 13.6 Å². The van der Waals surface area contributed by atoms with Crippen LogP contribution in [0.25, 0.3) is 0 Å². The van der Waals surface area contributed by atoms with Crippen LogP contribution in [0, 0.1) is 11.6 Å². The number of halogens is 2. The Kier molecular flexibility index (Phi) is 6.38. The van der Waals surface area contributed by atoms with E-state index in [-0.39, 0.29) is 17.9 Å². The monoisotopic (exact) mass is 272 g/mol. The number of hydrogen-bond acceptors (Lipinski definition) is 3. The molecule has 0 bridgehead atoms. The van der Waals surface area contributed by atoms with Gasteiger partial charge in [-0.1, -0.05) is 6.07 Å². The van der Waals surface area contributed by atoms with Crippen LogP contribution in [-0.4, -0.2) is 44.2 Å². The van der Waals surface area contributed by atoms with E-state index in [0.29, 0.717) is 26.2 Å². The molecule has 0 aliphatic heterocycles. The lowest BCUT2D eigenvalue weighted by atomic mass is 10.1. The van der Waals surface area contributed by atoms with Crippen molar-refractivity contribution in [2.45, 2.75) is 6.42 Å². The highest BCUT2D eigenvalue weighted by Crippen LogP contribution is 2.11. The molecule has 1 aromatic rings. The number of methoxy groups -OCH3 is 1. The highest BCUT2D eigenvalue weighted by atomic mass is 19.1. The van der Waals surface area contributed by atoms with Crippen molar-refractivity contribution in [3.05, 3.63) is 35.4 Å². The van der Waals surface area contributed by atoms with E-state index < -0.39 is 11.6 Å². The molecule has 6 heteroatoms. The molecule has 0 saturated carbocycles. The SMILES string of the molecule is COCCN(CCN)C(=O)Cc1ccc(F)cc1F. The van der Waals surface area contributed by atoms with Gasteiger partial charge in [-0.15, -0.1) is 0 Å². The van der Waals surface area contributed by atoms with E-state index in [2.05, 4.69) is 0 Å². The smallest absolute Gasteiger partial charge is 0.227 e. The molecule has 0 aliphatic carbocycles. The second-order valence-electron chi connectivity index (χ2n) is 4.07. The van der Waals surface area contributed by atoms with Gasteiger partial charge in [0.2, 0.25) is 5.91 Å². The summed E-state index contributed by atoms with van der Waals surface area (Å²) in [6.07, 6.45) is -0.115. The molecule has 0 heterocycles. The van der Waals surface area contributed by atoms with Gasteiger partial charge in [0.1, 0.15) is 11.6 Å². The Balaban J connectivity index is 2.69. The fraction of sp³-hybridized carbons (Fsp3) is 0.462. The van der Waals surface area contributed by atoms with Crippen molar-refractivity contribution in [1.82, 2.24) is 4.90 Å². The summed E-state index contributed by atoms with van der Waals surface area (Å²) in [4.78, 5) is 13.5. The van der Waals surface area contributed by atoms with Crippen molar-refractivity contribution in [2.75, 3.05) is 33.4 Å². The van der Waals surface area contributed by atoms with E-state index in [0.717, 1.165) is 12.1 Å². The summed E-state index contributed by atoms with van der Waals surface area (Å²) in [6, 6.07) is 3.18. The van der Waals surface area contributed by atoms with E-state index in [1.807, 2.05) is 0 Å². The highest BCUT2D eigenvalue weighted by Gasteiger charge is 2.15. The zero-order chi connectivity index (χ0) is 14.3. The molecule has 2 N–H and O–H groups in total. The van der Waals surface area contributed by atoms with Crippen LogP contribution >= 0.6 is 0 Å². The summed E-state index contributed by atoms with van der Waals surface area (Å²) in [5.74, 6) is -1.63. The number of carbonyl (C=O) groups excluding carboxylic acids is 1. The second-order valence-corrected chi connectivity index (χ2v) is 4.07. The number of nitrogens with two attached hydrogens (primary N) is 1. The predicted octanol–water partition coefficient (Wildman–Crippen LogP) is 0.941. The zero-order valence-electron chi connectivity index (χ0n) is 10.9. The molecule has 1 aromatic carbocycles. The average molecular weight is 272 g/mol. The van der Waals surface area contributed by atoms with Crippen molar-refractivity contribution in [3.8, 4) is 0 Å². The molecule has 0 spiro atoms. The Hall–Kier alpha value is -1.53. The van der Waals surface area contributed by atoms with Crippen LogP contribution < -0.4 is 5.73 Å². The maximum Gasteiger partial charge on any atom is 0.227 e. The molecule has 19 heavy (non-hydrogen) atoms. The molecule has 0 aromatic heterocycles. The minimum atomic E-state index is -0.715. The minimum Gasteiger partial charge on any atom is -0.383 e. The van der Waals surface area contributed by atoms with Crippen LogP contribution in [-0.2, 0) is 16.0 Å². The Morgan fingerprint density at radius 1 is 1.37 bits per heavy atom. The third-order valence-corrected chi connectivity index (χ3v) is 2.67. The van der Waals surface area contributed by atoms with Crippen LogP contribution in [0.3, 0.4) is 0 Å². The van der Waals surface area contributed by atoms with Crippen LogP contribution in [0.4, 0.5) is 8.78 Å². The largest absolute Gasteiger partial charge is 0.383 e. The van der Waals surface area contributed by atoms with Gasteiger partial charge in [-0.25, -0.2) is 8.78 Å². The maximum absolute atomic E-state index is 13.5. The molecule has 0 unspecified atom stereocenters. The maximum atomic E-state index is 13.5. The molecule has 0 aliphatic rings. The molecule has 0 atom stereocenters. The third kappa shape index (κ3) is 4.92. The summed E-state index contributed by atoms with van der Waals surface area (Å²) < 4.78 is 31.1. The third-order valence-electron chi connectivity index (χ3n) is 2.67. The Morgan fingerprint density at radius 2 is 2.11 bits per heavy atom. The summed E-state index contributed by atoms with van der Waals surface area (Å²) in [5.41, 5.74) is 5.60. The number of benzene rings is 1. The zero-order valence-corrected chi connectivity index (χ0v) is 10.9. The van der Waals surface area contributed by atoms with Gasteiger partial charge < -0.3 is 15.4 Å². The lowest BCUT2D eigenvalue weighted by Gasteiger charge is -2.21. The molecule has 106 valence electrons. The Morgan fingerprint density at radius 3 is 2.68 bits per heavy atom. The Labute approximate surface area is 111 Å². The first-order valence-electron chi connectivity index (χ1n) is 5.99. The molecular weight excluding hydrogens is 254 g/mol. The van der Waals surface area contributed by atoms with Crippen LogP contribution in [0.15, 0.2) is 18.2 Å². The minimum absolute atomic E-state index is 0.115. The summed E-state index contributed by atoms with van der Waals surface area (Å²) in [6.45, 7) is 1.49. The lowest BCUT2D eigenvalue weighted by Crippen LogP contribution is -2.38. The van der Waals surface area contributed by atoms with E-state index in [1.54, 1.807) is 0 Å². The van der Waals surface area contributed by atoms with Gasteiger partial charge >= 0.3 is 0 Å². The molecule has 1 amide bonds. The van der Waals surface area contributed by atoms with Gasteiger partial charge in [-0.2, -0.15) is 0 Å². The van der Waals surface area contributed by atoms with E-state index in [4.69, 9.17) is 10.5 Å². The quantitative estimate of drug-likeness (QED) is 0.803. The van der Waals surface area contributed by atoms with Crippen molar-refractivity contribution >= 4 is 5.91 Å². The molecule has 0 saturated heterocycles. The lowest BCUT2D eigenvalue weighted by molar-refractivity contribution is -0.131. The molecule has 1 rings (SSSR count). The topological polar surface area (TPSA) is 55.6 Å². The number of nitrogens with zero attached hydrogens (tertiary/aromatic N) is 1. The standard InChI is InChI=1S/C13H18F2N2O2/c1-19-7-6-17(5-4-16)13(18)8-10-2-3-11(14)9-12(10)15/h2-3,9H,4-8,16H2,1H3. The second kappa shape index (κ2) is 7.81. The molecule has 4 nitrogen and oxygen atoms in total. The first-order chi connectivity index (χ1) is 9.08. The first-order valence-corrected chi connectivity index (χ1v) is 5.99. The normalized spacial score (nSPS) is 10.5. The molecule has 0 fully saturated rings. The van der Waals surface area contributed by atoms with Crippen molar-refractivity contribution < 1.29 is 18.3 Å². The average Bonchev–Trinajstić information content (AvgIpc) is 2.37. The number of carbonyl (C=O) groups is 1. The van der Waals surface area contributed by atoms with Gasteiger partial charge in [0, 0.05) is 32.8 Å². The highest BCUT2D eigenvalue weighted by molar-refractivity contribution is 5.78. The molecule has 0 radical (unpaired) electrons. The van der Waals surface area contributed by atoms with Gasteiger partial charge in [-0.3, -0.25) is 4.79 Å². The summed E-state index contributed by atoms with van der Waals surface area (Å²) in [5, 5.41) is 0. The van der Waals surface area contributed by atoms with Crippen molar-refractivity contribution in [1.29, 1.82) is 0 Å². The van der Waals surface area contributed by atoms with Gasteiger partial charge in [-0.05, 0) is 11.6 Å². The van der Waals surface area contributed by atoms with Gasteiger partial charge in [0.15, 0.2) is 0 Å². The summed E-state index contributed by atoms with van der Waals surface area (Å²) >= 11 is 0. The fourth-order valence-electron chi connectivity index (χ4n) is 1.66. The molecular formula is C13H18F2N2O2. The van der Waals surface area contributed by atoms with Crippen LogP contribution in [0.2, 0.25) is 0 Å². The van der Waals surface area contributed by atoms with Gasteiger partial charge in [0.05, 0.1) is 13.0 Å². The van der Waals surface area contributed by atoms with E-state index in [1.165, 1.54) is 18.1 Å². The van der Waals surface area contributed by atoms with E-state index >= 15 is 0 Å². The fourth-order valence-corrected chi connectivity index (χ4v) is 1.66. The number of rotatable bonds is 7. The number of amides is 1. The van der Waals surface area contributed by atoms with Crippen molar-refractivity contribution in [2.24, 2.45) is 5.73 Å². The number of ether oxygens (including phenoxy) is 1. The predicted molar refractivity (Wildman–Crippen MR) is 67.6 cm³/mol. The van der Waals surface area contributed by atoms with Crippen LogP contribution in [0.5, 0.6) is 0 Å².